The van der Waals surface area contributed by atoms with Crippen LogP contribution in [-0.4, -0.2) is 27.3 Å². The third kappa shape index (κ3) is 4.07. The van der Waals surface area contributed by atoms with Crippen LogP contribution in [0.15, 0.2) is 11.6 Å². The lowest BCUT2D eigenvalue weighted by Crippen LogP contribution is -2.32. The molecule has 0 spiro atoms. The largest absolute Gasteiger partial charge is 0.329 e. The van der Waals surface area contributed by atoms with Crippen LogP contribution in [-0.2, 0) is 0 Å². The summed E-state index contributed by atoms with van der Waals surface area (Å²) >= 11 is 0. The van der Waals surface area contributed by atoms with Crippen molar-refractivity contribution in [3.8, 4) is 0 Å². The van der Waals surface area contributed by atoms with E-state index < -0.39 is 0 Å². The second kappa shape index (κ2) is 5.54. The maximum atomic E-state index is 2.73. The molecule has 1 aliphatic heterocycles. The van der Waals surface area contributed by atoms with E-state index in [9.17, 15) is 0 Å². The van der Waals surface area contributed by atoms with Gasteiger partial charge in [0, 0.05) is 0 Å². The molecule has 1 fully saturated rings. The summed E-state index contributed by atoms with van der Waals surface area (Å²) in [6.45, 7) is 7.18. The van der Waals surface area contributed by atoms with Crippen LogP contribution in [0.4, 0.5) is 0 Å². The van der Waals surface area contributed by atoms with Crippen LogP contribution in [0, 0.1) is 0 Å². The zero-order valence-electron chi connectivity index (χ0n) is 8.47. The predicted molar refractivity (Wildman–Crippen MR) is 58.2 cm³/mol. The monoisotopic (exact) mass is 183 g/mol. The van der Waals surface area contributed by atoms with Crippen LogP contribution in [0.25, 0.3) is 0 Å². The van der Waals surface area contributed by atoms with Crippen LogP contribution in [0.2, 0.25) is 6.04 Å². The van der Waals surface area contributed by atoms with E-state index in [4.69, 9.17) is 0 Å². The molecule has 0 aromatic heterocycles. The third-order valence-corrected chi connectivity index (χ3v) is 4.26. The van der Waals surface area contributed by atoms with Gasteiger partial charge < -0.3 is 4.57 Å². The molecule has 1 saturated heterocycles. The standard InChI is InChI=1S/C10H21NSi/c1-10(2)6-9-12-11-7-4-3-5-8-11/h6H,3-5,7-9,12H2,1-2H3. The van der Waals surface area contributed by atoms with Crippen molar-refractivity contribution in [2.24, 2.45) is 0 Å². The SMILES string of the molecule is CC(C)=CC[SiH2]N1CCCCC1. The van der Waals surface area contributed by atoms with Gasteiger partial charge in [-0.1, -0.05) is 18.1 Å². The normalized spacial score (nSPS) is 20.2. The average Bonchev–Trinajstić information content (AvgIpc) is 2.05. The van der Waals surface area contributed by atoms with Crippen LogP contribution in [0.5, 0.6) is 0 Å². The van der Waals surface area contributed by atoms with Crippen molar-refractivity contribution in [3.63, 3.8) is 0 Å². The molecule has 2 heteroatoms. The minimum absolute atomic E-state index is 0.0797. The van der Waals surface area contributed by atoms with Gasteiger partial charge in [0.15, 0.2) is 0 Å². The maximum Gasteiger partial charge on any atom is 0.0987 e. The van der Waals surface area contributed by atoms with E-state index in [0.717, 1.165) is 0 Å². The van der Waals surface area contributed by atoms with Crippen molar-refractivity contribution in [3.05, 3.63) is 11.6 Å². The molecule has 70 valence electrons. The first kappa shape index (κ1) is 10.0. The summed E-state index contributed by atoms with van der Waals surface area (Å²) in [6, 6.07) is 1.38. The molecule has 0 amide bonds. The van der Waals surface area contributed by atoms with Gasteiger partial charge in [-0.05, 0) is 45.8 Å². The Kier molecular flexibility index (Phi) is 4.62. The van der Waals surface area contributed by atoms with Gasteiger partial charge in [0.05, 0.1) is 9.68 Å². The first-order valence-electron chi connectivity index (χ1n) is 5.15. The van der Waals surface area contributed by atoms with E-state index in [1.54, 1.807) is 0 Å². The summed E-state index contributed by atoms with van der Waals surface area (Å²) in [5, 5.41) is 0. The van der Waals surface area contributed by atoms with E-state index in [1.807, 2.05) is 0 Å². The van der Waals surface area contributed by atoms with Crippen molar-refractivity contribution < 1.29 is 0 Å². The lowest BCUT2D eigenvalue weighted by atomic mass is 10.2. The molecular weight excluding hydrogens is 162 g/mol. The Bertz CT molecular complexity index is 144. The Morgan fingerprint density at radius 1 is 1.25 bits per heavy atom. The molecule has 1 aliphatic rings. The molecule has 0 unspecified atom stereocenters. The minimum atomic E-state index is 0.0797. The van der Waals surface area contributed by atoms with Gasteiger partial charge in [0.1, 0.15) is 0 Å². The van der Waals surface area contributed by atoms with Gasteiger partial charge in [-0.3, -0.25) is 0 Å². The van der Waals surface area contributed by atoms with Gasteiger partial charge >= 0.3 is 0 Å². The number of hydrogen-bond donors (Lipinski definition) is 0. The fourth-order valence-electron chi connectivity index (χ4n) is 1.72. The Morgan fingerprint density at radius 3 is 2.50 bits per heavy atom. The molecule has 0 aromatic carbocycles. The molecule has 0 saturated carbocycles. The van der Waals surface area contributed by atoms with Gasteiger partial charge in [-0.2, -0.15) is 0 Å². The van der Waals surface area contributed by atoms with Crippen molar-refractivity contribution in [2.45, 2.75) is 39.2 Å². The molecule has 1 heterocycles. The molecule has 0 radical (unpaired) electrons. The van der Waals surface area contributed by atoms with Crippen LogP contribution in [0.1, 0.15) is 33.1 Å². The smallest absolute Gasteiger partial charge is 0.0987 e. The summed E-state index contributed by atoms with van der Waals surface area (Å²) < 4.78 is 2.73. The van der Waals surface area contributed by atoms with Gasteiger partial charge in [0.25, 0.3) is 0 Å². The highest BCUT2D eigenvalue weighted by molar-refractivity contribution is 6.32. The Balaban J connectivity index is 2.09. The quantitative estimate of drug-likeness (QED) is 0.477. The van der Waals surface area contributed by atoms with Gasteiger partial charge in [-0.25, -0.2) is 0 Å². The Morgan fingerprint density at radius 2 is 1.92 bits per heavy atom. The summed E-state index contributed by atoms with van der Waals surface area (Å²) in [7, 11) is 0.0797. The summed E-state index contributed by atoms with van der Waals surface area (Å²) in [5.41, 5.74) is 1.49. The zero-order chi connectivity index (χ0) is 8.81. The molecule has 0 aliphatic carbocycles. The summed E-state index contributed by atoms with van der Waals surface area (Å²) in [6.07, 6.45) is 6.76. The first-order valence-corrected chi connectivity index (χ1v) is 6.78. The van der Waals surface area contributed by atoms with Crippen molar-refractivity contribution in [2.75, 3.05) is 13.1 Å². The summed E-state index contributed by atoms with van der Waals surface area (Å²) in [4.78, 5) is 0. The molecule has 0 bridgehead atoms. The molecule has 1 nitrogen and oxygen atoms in total. The number of hydrogen-bond acceptors (Lipinski definition) is 1. The lowest BCUT2D eigenvalue weighted by Gasteiger charge is -2.25. The topological polar surface area (TPSA) is 3.24 Å². The Labute approximate surface area is 78.7 Å². The van der Waals surface area contributed by atoms with Gasteiger partial charge in [-0.15, -0.1) is 0 Å². The fourth-order valence-corrected chi connectivity index (χ4v) is 3.68. The number of rotatable bonds is 3. The van der Waals surface area contributed by atoms with Gasteiger partial charge in [0.2, 0.25) is 0 Å². The Hall–Kier alpha value is -0.0831. The van der Waals surface area contributed by atoms with E-state index in [1.165, 1.54) is 44.0 Å². The van der Waals surface area contributed by atoms with E-state index in [0.29, 0.717) is 0 Å². The number of piperidine rings is 1. The number of nitrogens with zero attached hydrogens (tertiary/aromatic N) is 1. The van der Waals surface area contributed by atoms with Crippen LogP contribution < -0.4 is 0 Å². The second-order valence-corrected chi connectivity index (χ2v) is 5.89. The molecule has 0 N–H and O–H groups in total. The molecule has 0 aromatic rings. The highest BCUT2D eigenvalue weighted by Gasteiger charge is 2.08. The maximum absolute atomic E-state index is 2.73. The highest BCUT2D eigenvalue weighted by atomic mass is 28.2. The van der Waals surface area contributed by atoms with Crippen molar-refractivity contribution >= 4 is 9.68 Å². The number of allylic oxidation sites excluding steroid dienone is 2. The van der Waals surface area contributed by atoms with Crippen molar-refractivity contribution in [1.82, 2.24) is 4.57 Å². The average molecular weight is 183 g/mol. The fraction of sp³-hybridized carbons (Fsp3) is 0.800. The van der Waals surface area contributed by atoms with E-state index in [-0.39, 0.29) is 9.68 Å². The molecular formula is C10H21NSi. The van der Waals surface area contributed by atoms with Crippen LogP contribution >= 0.6 is 0 Å². The van der Waals surface area contributed by atoms with Crippen LogP contribution in [0.3, 0.4) is 0 Å². The first-order chi connectivity index (χ1) is 5.79. The van der Waals surface area contributed by atoms with E-state index >= 15 is 0 Å². The highest BCUT2D eigenvalue weighted by Crippen LogP contribution is 2.08. The molecule has 1 rings (SSSR count). The molecule has 12 heavy (non-hydrogen) atoms. The van der Waals surface area contributed by atoms with E-state index in [2.05, 4.69) is 24.5 Å². The van der Waals surface area contributed by atoms with Crippen molar-refractivity contribution in [1.29, 1.82) is 0 Å². The zero-order valence-corrected chi connectivity index (χ0v) is 9.89. The molecule has 0 atom stereocenters. The minimum Gasteiger partial charge on any atom is -0.329 e. The lowest BCUT2D eigenvalue weighted by molar-refractivity contribution is 0.360. The second-order valence-electron chi connectivity index (χ2n) is 3.97. The predicted octanol–water partition coefficient (Wildman–Crippen LogP) is 1.94. The summed E-state index contributed by atoms with van der Waals surface area (Å²) in [5.74, 6) is 0. The third-order valence-electron chi connectivity index (χ3n) is 2.45.